The van der Waals surface area contributed by atoms with Gasteiger partial charge in [-0.3, -0.25) is 0 Å². The van der Waals surface area contributed by atoms with Crippen LogP contribution in [0.5, 0.6) is 0 Å². The van der Waals surface area contributed by atoms with Crippen LogP contribution in [0.1, 0.15) is 142 Å². The van der Waals surface area contributed by atoms with E-state index in [0.717, 1.165) is 19.3 Å². The summed E-state index contributed by atoms with van der Waals surface area (Å²) in [5.74, 6) is 0. The highest BCUT2D eigenvalue weighted by molar-refractivity contribution is 4.89. The Morgan fingerprint density at radius 2 is 1.02 bits per heavy atom. The van der Waals surface area contributed by atoms with Gasteiger partial charge in [-0.2, -0.15) is 0 Å². The molecule has 4 N–H and O–H groups in total. The van der Waals surface area contributed by atoms with Crippen LogP contribution in [0.4, 0.5) is 0 Å². The minimum Gasteiger partial charge on any atom is -0.394 e. The van der Waals surface area contributed by atoms with Crippen LogP contribution in [-0.4, -0.2) is 90.3 Å². The van der Waals surface area contributed by atoms with Crippen molar-refractivity contribution < 1.29 is 39.4 Å². The third kappa shape index (κ3) is 19.6. The molecule has 1 aliphatic rings. The van der Waals surface area contributed by atoms with Gasteiger partial charge in [0.25, 0.3) is 0 Å². The van der Waals surface area contributed by atoms with Crippen molar-refractivity contribution in [3.8, 4) is 0 Å². The largest absolute Gasteiger partial charge is 0.394 e. The summed E-state index contributed by atoms with van der Waals surface area (Å²) >= 11 is 0. The normalized spacial score (nSPS) is 23.7. The molecule has 0 aromatic heterocycles. The second-order valence-corrected chi connectivity index (χ2v) is 12.0. The van der Waals surface area contributed by atoms with Crippen LogP contribution < -0.4 is 0 Å². The molecule has 1 rings (SSSR count). The highest BCUT2D eigenvalue weighted by Gasteiger charge is 2.44. The summed E-state index contributed by atoms with van der Waals surface area (Å²) in [6.07, 6.45) is 18.7. The second-order valence-electron chi connectivity index (χ2n) is 12.0. The molecule has 246 valence electrons. The summed E-state index contributed by atoms with van der Waals surface area (Å²) < 4.78 is 23.3. The summed E-state index contributed by atoms with van der Waals surface area (Å²) in [6, 6.07) is 0. The van der Waals surface area contributed by atoms with E-state index >= 15 is 0 Å². The van der Waals surface area contributed by atoms with E-state index in [1.807, 2.05) is 0 Å². The molecule has 8 heteroatoms. The number of ether oxygens (including phenoxy) is 4. The first-order chi connectivity index (χ1) is 20.0. The van der Waals surface area contributed by atoms with Crippen LogP contribution in [0.15, 0.2) is 0 Å². The molecule has 41 heavy (non-hydrogen) atoms. The Hall–Kier alpha value is -0.320. The highest BCUT2D eigenvalue weighted by atomic mass is 16.7. The molecule has 0 aromatic rings. The van der Waals surface area contributed by atoms with Crippen molar-refractivity contribution in [3.63, 3.8) is 0 Å². The lowest BCUT2D eigenvalue weighted by Gasteiger charge is -2.39. The van der Waals surface area contributed by atoms with Crippen LogP contribution in [-0.2, 0) is 18.9 Å². The molecular weight excluding hydrogens is 524 g/mol. The molecule has 1 saturated heterocycles. The minimum atomic E-state index is -1.45. The van der Waals surface area contributed by atoms with E-state index in [0.29, 0.717) is 19.8 Å². The van der Waals surface area contributed by atoms with Gasteiger partial charge in [-0.25, -0.2) is 0 Å². The van der Waals surface area contributed by atoms with Crippen molar-refractivity contribution in [2.75, 3.05) is 33.0 Å². The molecule has 0 saturated carbocycles. The molecule has 8 nitrogen and oxygen atoms in total. The highest BCUT2D eigenvalue weighted by Crippen LogP contribution is 2.22. The number of aliphatic hydroxyl groups is 4. The van der Waals surface area contributed by atoms with E-state index in [-0.39, 0.29) is 12.7 Å². The van der Waals surface area contributed by atoms with E-state index < -0.39 is 37.3 Å². The Labute approximate surface area is 251 Å². The van der Waals surface area contributed by atoms with E-state index in [4.69, 9.17) is 18.9 Å². The van der Waals surface area contributed by atoms with Gasteiger partial charge in [-0.1, -0.05) is 129 Å². The van der Waals surface area contributed by atoms with Gasteiger partial charge < -0.3 is 39.4 Å². The molecule has 0 spiro atoms. The average molecular weight is 591 g/mol. The van der Waals surface area contributed by atoms with E-state index in [9.17, 15) is 20.4 Å². The molecule has 1 fully saturated rings. The fraction of sp³-hybridized carbons (Fsp3) is 1.00. The van der Waals surface area contributed by atoms with Crippen LogP contribution >= 0.6 is 0 Å². The summed E-state index contributed by atoms with van der Waals surface area (Å²) in [5, 5.41) is 39.8. The number of hydrogen-bond donors (Lipinski definition) is 4. The van der Waals surface area contributed by atoms with Crippen molar-refractivity contribution in [1.82, 2.24) is 0 Å². The Balaban J connectivity index is 2.29. The van der Waals surface area contributed by atoms with Gasteiger partial charge in [-0.05, 0) is 12.8 Å². The maximum atomic E-state index is 10.3. The maximum absolute atomic E-state index is 10.3. The van der Waals surface area contributed by atoms with E-state index in [2.05, 4.69) is 13.8 Å². The molecule has 0 radical (unpaired) electrons. The van der Waals surface area contributed by atoms with Gasteiger partial charge >= 0.3 is 0 Å². The molecular formula is C33H66O8. The van der Waals surface area contributed by atoms with Crippen molar-refractivity contribution >= 4 is 0 Å². The first kappa shape index (κ1) is 38.7. The zero-order valence-electron chi connectivity index (χ0n) is 26.6. The first-order valence-corrected chi connectivity index (χ1v) is 17.2. The third-order valence-corrected chi connectivity index (χ3v) is 8.09. The lowest BCUT2D eigenvalue weighted by Crippen LogP contribution is -2.59. The van der Waals surface area contributed by atoms with Crippen LogP contribution in [0, 0.1) is 0 Å². The second kappa shape index (κ2) is 27.2. The first-order valence-electron chi connectivity index (χ1n) is 17.2. The maximum Gasteiger partial charge on any atom is 0.186 e. The Bertz CT molecular complexity index is 549. The summed E-state index contributed by atoms with van der Waals surface area (Å²) in [6.45, 7) is 5.81. The molecule has 0 bridgehead atoms. The molecule has 0 aromatic carbocycles. The predicted molar refractivity (Wildman–Crippen MR) is 164 cm³/mol. The standard InChI is InChI=1S/C33H66O8/c1-3-5-7-9-11-13-15-17-19-21-23-38-26-28(39-24-22-20-18-16-14-12-10-8-6-4-2)27-40-33-32(37)31(36)30(35)29(25-34)41-33/h28-37H,3-27H2,1-2H3/t28?,29-,30-,31+,32+,33+/m1/s1. The molecule has 0 aliphatic carbocycles. The van der Waals surface area contributed by atoms with Gasteiger partial charge in [0.1, 0.15) is 30.5 Å². The van der Waals surface area contributed by atoms with Crippen LogP contribution in [0.3, 0.4) is 0 Å². The van der Waals surface area contributed by atoms with E-state index in [1.54, 1.807) is 0 Å². The van der Waals surface area contributed by atoms with E-state index in [1.165, 1.54) is 109 Å². The molecule has 1 unspecified atom stereocenters. The average Bonchev–Trinajstić information content (AvgIpc) is 2.98. The predicted octanol–water partition coefficient (Wildman–Crippen LogP) is 6.05. The van der Waals surface area contributed by atoms with Crippen molar-refractivity contribution in [2.45, 2.75) is 179 Å². The number of unbranched alkanes of at least 4 members (excludes halogenated alkanes) is 18. The number of aliphatic hydroxyl groups excluding tert-OH is 4. The van der Waals surface area contributed by atoms with Crippen molar-refractivity contribution in [2.24, 2.45) is 0 Å². The quantitative estimate of drug-likeness (QED) is 0.0778. The van der Waals surface area contributed by atoms with Crippen LogP contribution in [0.2, 0.25) is 0 Å². The Kier molecular flexibility index (Phi) is 25.7. The minimum absolute atomic E-state index is 0.123. The van der Waals surface area contributed by atoms with Gasteiger partial charge in [-0.15, -0.1) is 0 Å². The Morgan fingerprint density at radius 1 is 0.561 bits per heavy atom. The van der Waals surface area contributed by atoms with Crippen molar-refractivity contribution in [1.29, 1.82) is 0 Å². The van der Waals surface area contributed by atoms with Gasteiger partial charge in [0.05, 0.1) is 19.8 Å². The smallest absolute Gasteiger partial charge is 0.186 e. The number of hydrogen-bond acceptors (Lipinski definition) is 8. The van der Waals surface area contributed by atoms with Gasteiger partial charge in [0.15, 0.2) is 6.29 Å². The zero-order valence-corrected chi connectivity index (χ0v) is 26.6. The Morgan fingerprint density at radius 3 is 1.51 bits per heavy atom. The topological polar surface area (TPSA) is 118 Å². The third-order valence-electron chi connectivity index (χ3n) is 8.09. The summed E-state index contributed by atoms with van der Waals surface area (Å²) in [5.41, 5.74) is 0. The fourth-order valence-electron chi connectivity index (χ4n) is 5.30. The van der Waals surface area contributed by atoms with Gasteiger partial charge in [0, 0.05) is 13.2 Å². The molecule has 6 atom stereocenters. The SMILES string of the molecule is CCCCCCCCCCCCOCC(CO[C@H]1O[C@H](CO)[C@@H](O)[C@H](O)[C@@H]1O)OCCCCCCCCCCCC. The molecule has 1 aliphatic heterocycles. The molecule has 0 amide bonds. The summed E-state index contributed by atoms with van der Waals surface area (Å²) in [7, 11) is 0. The van der Waals surface area contributed by atoms with Crippen LogP contribution in [0.25, 0.3) is 0 Å². The lowest BCUT2D eigenvalue weighted by molar-refractivity contribution is -0.306. The zero-order chi connectivity index (χ0) is 30.0. The fourth-order valence-corrected chi connectivity index (χ4v) is 5.30. The lowest BCUT2D eigenvalue weighted by atomic mass is 9.99. The molecule has 1 heterocycles. The number of rotatable bonds is 29. The van der Waals surface area contributed by atoms with Gasteiger partial charge in [0.2, 0.25) is 0 Å². The monoisotopic (exact) mass is 590 g/mol. The summed E-state index contributed by atoms with van der Waals surface area (Å²) in [4.78, 5) is 0. The van der Waals surface area contributed by atoms with Crippen molar-refractivity contribution in [3.05, 3.63) is 0 Å².